The van der Waals surface area contributed by atoms with E-state index in [1.165, 1.54) is 5.69 Å². The Morgan fingerprint density at radius 2 is 1.87 bits per heavy atom. The molecule has 0 spiro atoms. The number of amides is 1. The molecule has 128 valence electrons. The molecule has 2 aliphatic heterocycles. The number of morpholine rings is 1. The maximum atomic E-state index is 12.6. The fraction of sp³-hybridized carbons (Fsp3) is 0.706. The Hall–Kier alpha value is -1.37. The van der Waals surface area contributed by atoms with Crippen LogP contribution in [0.3, 0.4) is 0 Å². The standard InChI is InChI=1S/C17H28N4O2/c1-15(17(22)21-10-12-23-13-11-21)20-8-6-19(7-9-20)14-16-4-3-5-18(16)2/h3-5,15H,6-14H2,1-2H3/t15-/m0/s1. The highest BCUT2D eigenvalue weighted by Crippen LogP contribution is 2.13. The third-order valence-corrected chi connectivity index (χ3v) is 5.07. The third kappa shape index (κ3) is 3.94. The van der Waals surface area contributed by atoms with Crippen molar-refractivity contribution in [3.63, 3.8) is 0 Å². The van der Waals surface area contributed by atoms with E-state index in [1.54, 1.807) is 0 Å². The van der Waals surface area contributed by atoms with Crippen molar-refractivity contribution in [1.82, 2.24) is 19.3 Å². The molecule has 3 rings (SSSR count). The monoisotopic (exact) mass is 320 g/mol. The highest BCUT2D eigenvalue weighted by molar-refractivity contribution is 5.81. The molecule has 2 saturated heterocycles. The number of carbonyl (C=O) groups is 1. The van der Waals surface area contributed by atoms with Crippen molar-refractivity contribution in [2.45, 2.75) is 19.5 Å². The summed E-state index contributed by atoms with van der Waals surface area (Å²) in [7, 11) is 2.09. The lowest BCUT2D eigenvalue weighted by molar-refractivity contribution is -0.141. The molecule has 6 heteroatoms. The molecule has 3 heterocycles. The van der Waals surface area contributed by atoms with Crippen LogP contribution in [0.1, 0.15) is 12.6 Å². The van der Waals surface area contributed by atoms with Crippen LogP contribution in [-0.2, 0) is 23.1 Å². The highest BCUT2D eigenvalue weighted by Gasteiger charge is 2.29. The maximum Gasteiger partial charge on any atom is 0.239 e. The highest BCUT2D eigenvalue weighted by atomic mass is 16.5. The van der Waals surface area contributed by atoms with Crippen molar-refractivity contribution < 1.29 is 9.53 Å². The normalized spacial score (nSPS) is 22.3. The first-order valence-corrected chi connectivity index (χ1v) is 8.58. The Balaban J connectivity index is 1.48. The molecular weight excluding hydrogens is 292 g/mol. The second kappa shape index (κ2) is 7.47. The average molecular weight is 320 g/mol. The minimum Gasteiger partial charge on any atom is -0.378 e. The summed E-state index contributed by atoms with van der Waals surface area (Å²) in [5.41, 5.74) is 1.34. The Kier molecular flexibility index (Phi) is 5.35. The van der Waals surface area contributed by atoms with Crippen LogP contribution in [0.25, 0.3) is 0 Å². The number of ether oxygens (including phenoxy) is 1. The van der Waals surface area contributed by atoms with E-state index in [0.717, 1.165) is 45.8 Å². The number of hydrogen-bond acceptors (Lipinski definition) is 4. The molecule has 0 N–H and O–H groups in total. The van der Waals surface area contributed by atoms with Crippen LogP contribution in [0.4, 0.5) is 0 Å². The molecular formula is C17H28N4O2. The zero-order valence-electron chi connectivity index (χ0n) is 14.3. The van der Waals surface area contributed by atoms with E-state index in [0.29, 0.717) is 13.2 Å². The van der Waals surface area contributed by atoms with Gasteiger partial charge in [-0.2, -0.15) is 0 Å². The smallest absolute Gasteiger partial charge is 0.239 e. The second-order valence-electron chi connectivity index (χ2n) is 6.54. The Morgan fingerprint density at radius 1 is 1.17 bits per heavy atom. The van der Waals surface area contributed by atoms with Gasteiger partial charge in [0.15, 0.2) is 0 Å². The maximum absolute atomic E-state index is 12.6. The second-order valence-corrected chi connectivity index (χ2v) is 6.54. The average Bonchev–Trinajstić information content (AvgIpc) is 3.00. The summed E-state index contributed by atoms with van der Waals surface area (Å²) >= 11 is 0. The summed E-state index contributed by atoms with van der Waals surface area (Å²) in [4.78, 5) is 19.3. The van der Waals surface area contributed by atoms with Gasteiger partial charge in [0.2, 0.25) is 5.91 Å². The van der Waals surface area contributed by atoms with E-state index in [9.17, 15) is 4.79 Å². The van der Waals surface area contributed by atoms with E-state index in [2.05, 4.69) is 39.7 Å². The SMILES string of the molecule is C[C@@H](C(=O)N1CCOCC1)N1CCN(Cc2cccn2C)CC1. The Morgan fingerprint density at radius 3 is 2.48 bits per heavy atom. The van der Waals surface area contributed by atoms with Crippen LogP contribution in [-0.4, -0.2) is 83.7 Å². The Bertz CT molecular complexity index is 516. The van der Waals surface area contributed by atoms with Crippen molar-refractivity contribution in [1.29, 1.82) is 0 Å². The largest absolute Gasteiger partial charge is 0.378 e. The molecule has 23 heavy (non-hydrogen) atoms. The number of carbonyl (C=O) groups excluding carboxylic acids is 1. The van der Waals surface area contributed by atoms with Gasteiger partial charge in [0.1, 0.15) is 0 Å². The number of aryl methyl sites for hydroxylation is 1. The quantitative estimate of drug-likeness (QED) is 0.805. The van der Waals surface area contributed by atoms with Gasteiger partial charge in [-0.05, 0) is 19.1 Å². The van der Waals surface area contributed by atoms with E-state index >= 15 is 0 Å². The summed E-state index contributed by atoms with van der Waals surface area (Å²) < 4.78 is 7.51. The topological polar surface area (TPSA) is 41.0 Å². The molecule has 0 bridgehead atoms. The van der Waals surface area contributed by atoms with Gasteiger partial charge in [-0.1, -0.05) is 0 Å². The van der Waals surface area contributed by atoms with Gasteiger partial charge in [-0.3, -0.25) is 14.6 Å². The van der Waals surface area contributed by atoms with Gasteiger partial charge in [0.25, 0.3) is 0 Å². The van der Waals surface area contributed by atoms with E-state index in [4.69, 9.17) is 4.74 Å². The zero-order valence-corrected chi connectivity index (χ0v) is 14.3. The number of hydrogen-bond donors (Lipinski definition) is 0. The van der Waals surface area contributed by atoms with Crippen molar-refractivity contribution in [2.24, 2.45) is 7.05 Å². The minimum atomic E-state index is -0.0229. The lowest BCUT2D eigenvalue weighted by Crippen LogP contribution is -2.55. The molecule has 0 unspecified atom stereocenters. The third-order valence-electron chi connectivity index (χ3n) is 5.07. The molecule has 0 aromatic carbocycles. The molecule has 1 atom stereocenters. The molecule has 1 amide bonds. The van der Waals surface area contributed by atoms with Crippen LogP contribution < -0.4 is 0 Å². The van der Waals surface area contributed by atoms with Crippen LogP contribution in [0.2, 0.25) is 0 Å². The number of nitrogens with zero attached hydrogens (tertiary/aromatic N) is 4. The van der Waals surface area contributed by atoms with Crippen molar-refractivity contribution in [3.05, 3.63) is 24.0 Å². The van der Waals surface area contributed by atoms with Crippen LogP contribution >= 0.6 is 0 Å². The molecule has 2 fully saturated rings. The summed E-state index contributed by atoms with van der Waals surface area (Å²) in [6.07, 6.45) is 2.09. The number of rotatable bonds is 4. The summed E-state index contributed by atoms with van der Waals surface area (Å²) in [6, 6.07) is 4.25. The van der Waals surface area contributed by atoms with Crippen LogP contribution in [0, 0.1) is 0 Å². The molecule has 0 radical (unpaired) electrons. The van der Waals surface area contributed by atoms with E-state index < -0.39 is 0 Å². The lowest BCUT2D eigenvalue weighted by Gasteiger charge is -2.39. The van der Waals surface area contributed by atoms with Gasteiger partial charge in [-0.15, -0.1) is 0 Å². The first-order chi connectivity index (χ1) is 11.1. The first kappa shape index (κ1) is 16.5. The number of piperazine rings is 1. The molecule has 2 aliphatic rings. The van der Waals surface area contributed by atoms with Crippen LogP contribution in [0.15, 0.2) is 18.3 Å². The summed E-state index contributed by atoms with van der Waals surface area (Å²) in [6.45, 7) is 9.80. The van der Waals surface area contributed by atoms with Gasteiger partial charge in [0.05, 0.1) is 19.3 Å². The van der Waals surface area contributed by atoms with Gasteiger partial charge in [-0.25, -0.2) is 0 Å². The first-order valence-electron chi connectivity index (χ1n) is 8.58. The van der Waals surface area contributed by atoms with Crippen molar-refractivity contribution in [2.75, 3.05) is 52.5 Å². The molecule has 0 saturated carbocycles. The fourth-order valence-corrected chi connectivity index (χ4v) is 3.40. The predicted octanol–water partition coefficient (Wildman–Crippen LogP) is 0.390. The van der Waals surface area contributed by atoms with Gasteiger partial charge in [0, 0.05) is 64.8 Å². The molecule has 1 aromatic rings. The van der Waals surface area contributed by atoms with Gasteiger partial charge >= 0.3 is 0 Å². The predicted molar refractivity (Wildman–Crippen MR) is 89.1 cm³/mol. The minimum absolute atomic E-state index is 0.0229. The summed E-state index contributed by atoms with van der Waals surface area (Å²) in [5, 5.41) is 0. The van der Waals surface area contributed by atoms with E-state index in [-0.39, 0.29) is 11.9 Å². The lowest BCUT2D eigenvalue weighted by atomic mass is 10.2. The Labute approximate surface area is 138 Å². The van der Waals surface area contributed by atoms with Crippen LogP contribution in [0.5, 0.6) is 0 Å². The van der Waals surface area contributed by atoms with E-state index in [1.807, 2.05) is 11.8 Å². The molecule has 6 nitrogen and oxygen atoms in total. The molecule has 1 aromatic heterocycles. The van der Waals surface area contributed by atoms with Crippen molar-refractivity contribution >= 4 is 5.91 Å². The summed E-state index contributed by atoms with van der Waals surface area (Å²) in [5.74, 6) is 0.254. The van der Waals surface area contributed by atoms with Crippen molar-refractivity contribution in [3.8, 4) is 0 Å². The molecule has 0 aliphatic carbocycles. The fourth-order valence-electron chi connectivity index (χ4n) is 3.40. The number of aromatic nitrogens is 1. The van der Waals surface area contributed by atoms with Gasteiger partial charge < -0.3 is 14.2 Å². The zero-order chi connectivity index (χ0) is 16.2.